The largest absolute Gasteiger partial charge is 0.354 e. The highest BCUT2D eigenvalue weighted by atomic mass is 16.2. The third kappa shape index (κ3) is 4.26. The molecular formula is C21H24N6O2. The molecule has 1 aliphatic rings. The van der Waals surface area contributed by atoms with E-state index in [9.17, 15) is 9.59 Å². The highest BCUT2D eigenvalue weighted by Gasteiger charge is 2.30. The van der Waals surface area contributed by atoms with Crippen LogP contribution in [0.25, 0.3) is 11.0 Å². The van der Waals surface area contributed by atoms with Crippen LogP contribution in [-0.2, 0) is 22.6 Å². The summed E-state index contributed by atoms with van der Waals surface area (Å²) < 4.78 is 1.85. The molecule has 29 heavy (non-hydrogen) atoms. The van der Waals surface area contributed by atoms with Crippen molar-refractivity contribution in [3.05, 3.63) is 54.1 Å². The van der Waals surface area contributed by atoms with E-state index in [0.29, 0.717) is 26.1 Å². The van der Waals surface area contributed by atoms with Gasteiger partial charge in [-0.15, -0.1) is 0 Å². The van der Waals surface area contributed by atoms with E-state index in [4.69, 9.17) is 5.10 Å². The number of fused-ring (bicyclic) bond motifs is 1. The van der Waals surface area contributed by atoms with Crippen LogP contribution in [0.5, 0.6) is 0 Å². The van der Waals surface area contributed by atoms with Crippen molar-refractivity contribution in [1.82, 2.24) is 30.0 Å². The number of likely N-dealkylation sites (tertiary alicyclic amines) is 1. The maximum Gasteiger partial charge on any atom is 0.227 e. The number of nitrogens with one attached hydrogen (secondary N) is 1. The zero-order valence-corrected chi connectivity index (χ0v) is 16.4. The molecule has 4 heterocycles. The van der Waals surface area contributed by atoms with Crippen molar-refractivity contribution in [3.63, 3.8) is 0 Å². The zero-order chi connectivity index (χ0) is 20.2. The summed E-state index contributed by atoms with van der Waals surface area (Å²) in [5.41, 5.74) is 2.72. The molecule has 1 atom stereocenters. The van der Waals surface area contributed by atoms with Crippen LogP contribution in [0, 0.1) is 0 Å². The number of pyridine rings is 2. The quantitative estimate of drug-likeness (QED) is 0.687. The molecule has 150 valence electrons. The van der Waals surface area contributed by atoms with Gasteiger partial charge in [-0.2, -0.15) is 5.10 Å². The molecule has 8 heteroatoms. The number of carbonyl (C=O) groups excluding carboxylic acids is 2. The van der Waals surface area contributed by atoms with Gasteiger partial charge in [0.15, 0.2) is 5.65 Å². The zero-order valence-electron chi connectivity index (χ0n) is 16.4. The predicted octanol–water partition coefficient (Wildman–Crippen LogP) is 1.52. The van der Waals surface area contributed by atoms with E-state index in [0.717, 1.165) is 35.3 Å². The second-order valence-electron chi connectivity index (χ2n) is 7.33. The highest BCUT2D eigenvalue weighted by molar-refractivity contribution is 5.81. The minimum Gasteiger partial charge on any atom is -0.354 e. The molecule has 1 aliphatic heterocycles. The molecule has 0 aliphatic carbocycles. The first-order chi connectivity index (χ1) is 14.1. The first kappa shape index (κ1) is 19.0. The molecule has 3 aromatic heterocycles. The Morgan fingerprint density at radius 3 is 2.90 bits per heavy atom. The number of rotatable bonds is 6. The second kappa shape index (κ2) is 8.38. The molecule has 0 saturated carbocycles. The third-order valence-corrected chi connectivity index (χ3v) is 5.24. The van der Waals surface area contributed by atoms with Gasteiger partial charge < -0.3 is 10.2 Å². The fourth-order valence-electron chi connectivity index (χ4n) is 3.83. The van der Waals surface area contributed by atoms with Crippen molar-refractivity contribution in [1.29, 1.82) is 0 Å². The van der Waals surface area contributed by atoms with E-state index in [1.54, 1.807) is 18.6 Å². The summed E-state index contributed by atoms with van der Waals surface area (Å²) >= 11 is 0. The molecule has 0 spiro atoms. The van der Waals surface area contributed by atoms with Gasteiger partial charge in [-0.3, -0.25) is 14.6 Å². The van der Waals surface area contributed by atoms with E-state index in [2.05, 4.69) is 15.3 Å². The van der Waals surface area contributed by atoms with Crippen LogP contribution < -0.4 is 5.32 Å². The van der Waals surface area contributed by atoms with E-state index < -0.39 is 0 Å². The van der Waals surface area contributed by atoms with Crippen LogP contribution in [0.4, 0.5) is 0 Å². The third-order valence-electron chi connectivity index (χ3n) is 5.24. The fraction of sp³-hybridized carbons (Fsp3) is 0.381. The minimum atomic E-state index is -0.0618. The Bertz CT molecular complexity index is 1020. The number of nitrogens with zero attached hydrogens (tertiary/aromatic N) is 5. The number of hydrogen-bond donors (Lipinski definition) is 1. The SMILES string of the molecule is CC(=O)NCCn1nc([C@H]2CCN(C(=O)Cc3cccnc3)C2)c2cccnc21. The van der Waals surface area contributed by atoms with Crippen molar-refractivity contribution >= 4 is 22.8 Å². The summed E-state index contributed by atoms with van der Waals surface area (Å²) in [5, 5.41) is 8.61. The summed E-state index contributed by atoms with van der Waals surface area (Å²) in [6, 6.07) is 7.71. The lowest BCUT2D eigenvalue weighted by molar-refractivity contribution is -0.129. The number of carbonyl (C=O) groups is 2. The topological polar surface area (TPSA) is 93.0 Å². The van der Waals surface area contributed by atoms with E-state index in [-0.39, 0.29) is 17.7 Å². The van der Waals surface area contributed by atoms with Gasteiger partial charge in [-0.25, -0.2) is 9.67 Å². The standard InChI is InChI=1S/C21H24N6O2/c1-15(28)23-9-11-27-21-18(5-3-8-24-21)20(25-27)17-6-10-26(14-17)19(29)12-16-4-2-7-22-13-16/h2-5,7-8,13,17H,6,9-12,14H2,1H3,(H,23,28)/t17-/m0/s1. The molecule has 1 N–H and O–H groups in total. The van der Waals surface area contributed by atoms with Gasteiger partial charge in [0.25, 0.3) is 0 Å². The predicted molar refractivity (Wildman–Crippen MR) is 108 cm³/mol. The van der Waals surface area contributed by atoms with Crippen LogP contribution in [0.1, 0.15) is 30.5 Å². The summed E-state index contributed by atoms with van der Waals surface area (Å²) in [7, 11) is 0. The Kier molecular flexibility index (Phi) is 5.50. The van der Waals surface area contributed by atoms with E-state index in [1.807, 2.05) is 33.8 Å². The van der Waals surface area contributed by atoms with Crippen molar-refractivity contribution in [3.8, 4) is 0 Å². The van der Waals surface area contributed by atoms with E-state index >= 15 is 0 Å². The first-order valence-corrected chi connectivity index (χ1v) is 9.84. The highest BCUT2D eigenvalue weighted by Crippen LogP contribution is 2.31. The Hall–Kier alpha value is -3.29. The maximum atomic E-state index is 12.7. The second-order valence-corrected chi connectivity index (χ2v) is 7.33. The maximum absolute atomic E-state index is 12.7. The average molecular weight is 392 g/mol. The lowest BCUT2D eigenvalue weighted by Gasteiger charge is -2.16. The van der Waals surface area contributed by atoms with Crippen LogP contribution in [0.2, 0.25) is 0 Å². The van der Waals surface area contributed by atoms with E-state index in [1.165, 1.54) is 6.92 Å². The molecular weight excluding hydrogens is 368 g/mol. The van der Waals surface area contributed by atoms with Gasteiger partial charge >= 0.3 is 0 Å². The average Bonchev–Trinajstić information content (AvgIpc) is 3.34. The van der Waals surface area contributed by atoms with Gasteiger partial charge in [-0.1, -0.05) is 6.07 Å². The summed E-state index contributed by atoms with van der Waals surface area (Å²) in [6.07, 6.45) is 6.45. The van der Waals surface area contributed by atoms with Crippen LogP contribution in [0.3, 0.4) is 0 Å². The molecule has 1 saturated heterocycles. The number of hydrogen-bond acceptors (Lipinski definition) is 5. The minimum absolute atomic E-state index is 0.0618. The van der Waals surface area contributed by atoms with Crippen molar-refractivity contribution in [2.45, 2.75) is 32.2 Å². The summed E-state index contributed by atoms with van der Waals surface area (Å²) in [5.74, 6) is 0.239. The van der Waals surface area contributed by atoms with Crippen LogP contribution >= 0.6 is 0 Å². The first-order valence-electron chi connectivity index (χ1n) is 9.84. The number of aromatic nitrogens is 4. The van der Waals surface area contributed by atoms with Gasteiger partial charge in [0, 0.05) is 56.5 Å². The normalized spacial score (nSPS) is 16.3. The Balaban J connectivity index is 1.48. The molecule has 3 aromatic rings. The molecule has 0 unspecified atom stereocenters. The smallest absolute Gasteiger partial charge is 0.227 e. The number of amides is 2. The molecule has 8 nitrogen and oxygen atoms in total. The summed E-state index contributed by atoms with van der Waals surface area (Å²) in [4.78, 5) is 34.3. The molecule has 4 rings (SSSR count). The van der Waals surface area contributed by atoms with Gasteiger partial charge in [0.2, 0.25) is 11.8 Å². The Labute approximate surface area is 168 Å². The molecule has 0 bridgehead atoms. The Morgan fingerprint density at radius 2 is 2.10 bits per heavy atom. The van der Waals surface area contributed by atoms with Crippen molar-refractivity contribution in [2.24, 2.45) is 0 Å². The van der Waals surface area contributed by atoms with Crippen LogP contribution in [0.15, 0.2) is 42.9 Å². The van der Waals surface area contributed by atoms with Gasteiger partial charge in [0.05, 0.1) is 18.7 Å². The van der Waals surface area contributed by atoms with Gasteiger partial charge in [0.1, 0.15) is 0 Å². The van der Waals surface area contributed by atoms with Crippen molar-refractivity contribution in [2.75, 3.05) is 19.6 Å². The van der Waals surface area contributed by atoms with Crippen LogP contribution in [-0.4, -0.2) is 56.1 Å². The molecule has 1 fully saturated rings. The summed E-state index contributed by atoms with van der Waals surface area (Å²) in [6.45, 7) is 3.95. The molecule has 0 aromatic carbocycles. The van der Waals surface area contributed by atoms with Crippen molar-refractivity contribution < 1.29 is 9.59 Å². The fourth-order valence-corrected chi connectivity index (χ4v) is 3.83. The lowest BCUT2D eigenvalue weighted by Crippen LogP contribution is -2.30. The molecule has 2 amide bonds. The van der Waals surface area contributed by atoms with Gasteiger partial charge in [-0.05, 0) is 30.2 Å². The Morgan fingerprint density at radius 1 is 1.24 bits per heavy atom. The monoisotopic (exact) mass is 392 g/mol. The molecule has 0 radical (unpaired) electrons. The lowest BCUT2D eigenvalue weighted by atomic mass is 10.0.